The molecule has 0 aliphatic carbocycles. The molecule has 1 N–H and O–H groups in total. The summed E-state index contributed by atoms with van der Waals surface area (Å²) in [7, 11) is 0. The first-order chi connectivity index (χ1) is 13.2. The average Bonchev–Trinajstić information content (AvgIpc) is 2.91. The Balaban J connectivity index is 1.81. The van der Waals surface area contributed by atoms with Crippen LogP contribution in [0.3, 0.4) is 0 Å². The second-order valence-electron chi connectivity index (χ2n) is 7.43. The van der Waals surface area contributed by atoms with E-state index in [9.17, 15) is 14.3 Å². The zero-order valence-corrected chi connectivity index (χ0v) is 16.9. The number of aryl methyl sites for hydroxylation is 1. The lowest BCUT2D eigenvalue weighted by Gasteiger charge is -2.20. The van der Waals surface area contributed by atoms with Crippen molar-refractivity contribution in [1.82, 2.24) is 9.55 Å². The van der Waals surface area contributed by atoms with E-state index >= 15 is 0 Å². The lowest BCUT2D eigenvalue weighted by molar-refractivity contribution is -0.155. The number of hydrogen-bond acceptors (Lipinski definition) is 5. The Morgan fingerprint density at radius 2 is 2.00 bits per heavy atom. The lowest BCUT2D eigenvalue weighted by atomic mass is 10.1. The van der Waals surface area contributed by atoms with Crippen molar-refractivity contribution in [3.05, 3.63) is 53.8 Å². The van der Waals surface area contributed by atoms with Crippen LogP contribution in [0.25, 0.3) is 11.0 Å². The van der Waals surface area contributed by atoms with Crippen LogP contribution in [0.2, 0.25) is 0 Å². The SMILES string of the molecule is CC(C)(C)OC(=O)Cn1c(SCCc2ccccc2O)nc2cc(F)ccc21. The molecule has 0 atom stereocenters. The van der Waals surface area contributed by atoms with Gasteiger partial charge in [-0.1, -0.05) is 30.0 Å². The van der Waals surface area contributed by atoms with Crippen LogP contribution < -0.4 is 0 Å². The second kappa shape index (κ2) is 8.22. The molecule has 0 fully saturated rings. The van der Waals surface area contributed by atoms with Gasteiger partial charge in [0.05, 0.1) is 11.0 Å². The predicted molar refractivity (Wildman–Crippen MR) is 108 cm³/mol. The molecule has 0 amide bonds. The topological polar surface area (TPSA) is 64.3 Å². The number of thioether (sulfide) groups is 1. The van der Waals surface area contributed by atoms with E-state index in [0.717, 1.165) is 5.56 Å². The van der Waals surface area contributed by atoms with Gasteiger partial charge in [-0.25, -0.2) is 9.37 Å². The number of para-hydroxylation sites is 1. The third-order valence-electron chi connectivity index (χ3n) is 3.98. The molecule has 0 aliphatic rings. The summed E-state index contributed by atoms with van der Waals surface area (Å²) >= 11 is 1.45. The van der Waals surface area contributed by atoms with Crippen molar-refractivity contribution in [2.75, 3.05) is 5.75 Å². The zero-order valence-electron chi connectivity index (χ0n) is 16.1. The van der Waals surface area contributed by atoms with Crippen LogP contribution in [0.5, 0.6) is 5.75 Å². The summed E-state index contributed by atoms with van der Waals surface area (Å²) in [5.41, 5.74) is 1.43. The Morgan fingerprint density at radius 1 is 1.25 bits per heavy atom. The van der Waals surface area contributed by atoms with E-state index in [-0.39, 0.29) is 24.1 Å². The fourth-order valence-electron chi connectivity index (χ4n) is 2.82. The van der Waals surface area contributed by atoms with Gasteiger partial charge < -0.3 is 14.4 Å². The van der Waals surface area contributed by atoms with Crippen molar-refractivity contribution in [2.24, 2.45) is 0 Å². The van der Waals surface area contributed by atoms with Gasteiger partial charge in [-0.3, -0.25) is 4.79 Å². The molecule has 0 spiro atoms. The normalized spacial score (nSPS) is 11.7. The van der Waals surface area contributed by atoms with Crippen LogP contribution in [-0.2, 0) is 22.5 Å². The van der Waals surface area contributed by atoms with E-state index in [4.69, 9.17) is 4.74 Å². The van der Waals surface area contributed by atoms with Crippen molar-refractivity contribution in [3.63, 3.8) is 0 Å². The van der Waals surface area contributed by atoms with Gasteiger partial charge in [0.2, 0.25) is 0 Å². The number of fused-ring (bicyclic) bond motifs is 1. The van der Waals surface area contributed by atoms with Crippen LogP contribution in [0.15, 0.2) is 47.6 Å². The van der Waals surface area contributed by atoms with Crippen molar-refractivity contribution in [3.8, 4) is 5.75 Å². The molecular formula is C21H23FN2O3S. The van der Waals surface area contributed by atoms with Crippen LogP contribution in [-0.4, -0.2) is 32.0 Å². The standard InChI is InChI=1S/C21H23FN2O3S/c1-21(2,3)27-19(26)13-24-17-9-8-15(22)12-16(17)23-20(24)28-11-10-14-6-4-5-7-18(14)25/h4-9,12,25H,10-11,13H2,1-3H3. The van der Waals surface area contributed by atoms with E-state index in [1.54, 1.807) is 22.8 Å². The lowest BCUT2D eigenvalue weighted by Crippen LogP contribution is -2.26. The van der Waals surface area contributed by atoms with Gasteiger partial charge in [-0.05, 0) is 51.0 Å². The Morgan fingerprint density at radius 3 is 2.71 bits per heavy atom. The molecule has 2 aromatic carbocycles. The van der Waals surface area contributed by atoms with Crippen LogP contribution in [0.4, 0.5) is 4.39 Å². The van der Waals surface area contributed by atoms with Gasteiger partial charge >= 0.3 is 5.97 Å². The fraction of sp³-hybridized carbons (Fsp3) is 0.333. The van der Waals surface area contributed by atoms with Crippen molar-refractivity contribution >= 4 is 28.8 Å². The molecule has 1 aromatic heterocycles. The number of imidazole rings is 1. The highest BCUT2D eigenvalue weighted by Gasteiger charge is 2.20. The summed E-state index contributed by atoms with van der Waals surface area (Å²) in [6, 6.07) is 11.5. The third kappa shape index (κ3) is 5.04. The van der Waals surface area contributed by atoms with Crippen molar-refractivity contribution in [2.45, 2.75) is 44.5 Å². The van der Waals surface area contributed by atoms with E-state index in [1.165, 1.54) is 23.9 Å². The number of ether oxygens (including phenoxy) is 1. The van der Waals surface area contributed by atoms with Crippen LogP contribution >= 0.6 is 11.8 Å². The summed E-state index contributed by atoms with van der Waals surface area (Å²) in [6.45, 7) is 5.44. The molecule has 0 unspecified atom stereocenters. The quantitative estimate of drug-likeness (QED) is 0.484. The molecule has 0 radical (unpaired) electrons. The van der Waals surface area contributed by atoms with E-state index in [2.05, 4.69) is 4.98 Å². The molecule has 3 rings (SSSR count). The van der Waals surface area contributed by atoms with E-state index in [1.807, 2.05) is 32.9 Å². The van der Waals surface area contributed by atoms with Gasteiger partial charge in [-0.15, -0.1) is 0 Å². The molecule has 0 aliphatic heterocycles. The maximum atomic E-state index is 13.6. The van der Waals surface area contributed by atoms with Crippen molar-refractivity contribution < 1.29 is 19.0 Å². The Kier molecular flexibility index (Phi) is 5.93. The third-order valence-corrected chi connectivity index (χ3v) is 4.95. The van der Waals surface area contributed by atoms with Gasteiger partial charge in [-0.2, -0.15) is 0 Å². The number of aromatic hydroxyl groups is 1. The molecule has 7 heteroatoms. The number of halogens is 1. The monoisotopic (exact) mass is 402 g/mol. The second-order valence-corrected chi connectivity index (χ2v) is 8.49. The number of nitrogens with zero attached hydrogens (tertiary/aromatic N) is 2. The predicted octanol–water partition coefficient (Wildman–Crippen LogP) is 4.56. The Labute approximate surface area is 167 Å². The zero-order chi connectivity index (χ0) is 20.3. The first-order valence-electron chi connectivity index (χ1n) is 9.00. The van der Waals surface area contributed by atoms with E-state index in [0.29, 0.717) is 28.4 Å². The number of benzene rings is 2. The number of hydrogen-bond donors (Lipinski definition) is 1. The molecule has 148 valence electrons. The summed E-state index contributed by atoms with van der Waals surface area (Å²) in [6.07, 6.45) is 0.640. The number of carbonyl (C=O) groups excluding carboxylic acids is 1. The van der Waals surface area contributed by atoms with Gasteiger partial charge in [0.15, 0.2) is 5.16 Å². The minimum absolute atomic E-state index is 0.00166. The highest BCUT2D eigenvalue weighted by Crippen LogP contribution is 2.27. The average molecular weight is 402 g/mol. The molecular weight excluding hydrogens is 379 g/mol. The maximum Gasteiger partial charge on any atom is 0.326 e. The fourth-order valence-corrected chi connectivity index (χ4v) is 3.81. The number of carbonyl (C=O) groups is 1. The van der Waals surface area contributed by atoms with Crippen LogP contribution in [0, 0.1) is 5.82 Å². The van der Waals surface area contributed by atoms with Gasteiger partial charge in [0.1, 0.15) is 23.7 Å². The molecule has 1 heterocycles. The Bertz CT molecular complexity index is 995. The number of rotatable bonds is 6. The highest BCUT2D eigenvalue weighted by molar-refractivity contribution is 7.99. The highest BCUT2D eigenvalue weighted by atomic mass is 32.2. The molecule has 28 heavy (non-hydrogen) atoms. The summed E-state index contributed by atoms with van der Waals surface area (Å²) in [5, 5.41) is 10.5. The number of esters is 1. The number of phenolic OH excluding ortho intramolecular Hbond substituents is 1. The van der Waals surface area contributed by atoms with Gasteiger partial charge in [0.25, 0.3) is 0 Å². The first kappa shape index (κ1) is 20.2. The first-order valence-corrected chi connectivity index (χ1v) is 9.99. The Hall–Kier alpha value is -2.54. The molecule has 5 nitrogen and oxygen atoms in total. The minimum atomic E-state index is -0.586. The smallest absolute Gasteiger partial charge is 0.326 e. The van der Waals surface area contributed by atoms with Crippen LogP contribution in [0.1, 0.15) is 26.3 Å². The molecule has 0 saturated heterocycles. The molecule has 0 bridgehead atoms. The summed E-state index contributed by atoms with van der Waals surface area (Å²) < 4.78 is 20.8. The van der Waals surface area contributed by atoms with Crippen molar-refractivity contribution in [1.29, 1.82) is 0 Å². The maximum absolute atomic E-state index is 13.6. The summed E-state index contributed by atoms with van der Waals surface area (Å²) in [5.74, 6) is 0.156. The number of phenols is 1. The van der Waals surface area contributed by atoms with E-state index < -0.39 is 5.60 Å². The molecule has 3 aromatic rings. The minimum Gasteiger partial charge on any atom is -0.508 e. The number of aromatic nitrogens is 2. The largest absolute Gasteiger partial charge is 0.508 e. The molecule has 0 saturated carbocycles. The van der Waals surface area contributed by atoms with Gasteiger partial charge in [0, 0.05) is 11.8 Å². The summed E-state index contributed by atoms with van der Waals surface area (Å²) in [4.78, 5) is 16.8.